The van der Waals surface area contributed by atoms with Gasteiger partial charge in [-0.2, -0.15) is 0 Å². The summed E-state index contributed by atoms with van der Waals surface area (Å²) in [5.41, 5.74) is 5.37. The summed E-state index contributed by atoms with van der Waals surface area (Å²) in [7, 11) is 0. The van der Waals surface area contributed by atoms with Crippen LogP contribution in [0.2, 0.25) is 0 Å². The first-order chi connectivity index (χ1) is 4.61. The van der Waals surface area contributed by atoms with Crippen molar-refractivity contribution in [1.29, 1.82) is 0 Å². The molecule has 11 heavy (non-hydrogen) atoms. The Morgan fingerprint density at radius 3 is 1.82 bits per heavy atom. The van der Waals surface area contributed by atoms with Gasteiger partial charge in [0, 0.05) is 5.56 Å². The van der Waals surface area contributed by atoms with Crippen LogP contribution in [0.4, 0.5) is 0 Å². The van der Waals surface area contributed by atoms with Crippen LogP contribution >= 0.6 is 0 Å². The molecule has 0 saturated carbocycles. The first-order valence-electron chi connectivity index (χ1n) is 3.51. The molecule has 0 aliphatic heterocycles. The molecule has 0 heterocycles. The fourth-order valence-corrected chi connectivity index (χ4v) is 0.889. The van der Waals surface area contributed by atoms with Crippen molar-refractivity contribution in [2.75, 3.05) is 0 Å². The van der Waals surface area contributed by atoms with Crippen molar-refractivity contribution in [2.45, 2.75) is 19.4 Å². The van der Waals surface area contributed by atoms with E-state index >= 15 is 0 Å². The average molecular weight is 153 g/mol. The van der Waals surface area contributed by atoms with E-state index < -0.39 is 0 Å². The van der Waals surface area contributed by atoms with E-state index in [4.69, 9.17) is 0 Å². The second-order valence-electron chi connectivity index (χ2n) is 3.25. The van der Waals surface area contributed by atoms with Gasteiger partial charge in [-0.1, -0.05) is 30.3 Å². The number of rotatable bonds is 1. The average Bonchev–Trinajstić information content (AvgIpc) is 1.88. The van der Waals surface area contributed by atoms with Crippen molar-refractivity contribution in [3.8, 4) is 0 Å². The fourth-order valence-electron chi connectivity index (χ4n) is 0.889. The van der Waals surface area contributed by atoms with Crippen molar-refractivity contribution in [1.82, 2.24) is 0 Å². The predicted octanol–water partition coefficient (Wildman–Crippen LogP) is 0.987. The van der Waals surface area contributed by atoms with Gasteiger partial charge in [0.05, 0.1) is 0 Å². The molecule has 0 aromatic heterocycles. The largest absolute Gasteiger partial charge is 0.870 e. The van der Waals surface area contributed by atoms with Gasteiger partial charge in [0.1, 0.15) is 5.54 Å². The minimum absolute atomic E-state index is 0. The molecule has 1 aromatic carbocycles. The molecule has 0 amide bonds. The molecule has 2 heteroatoms. The zero-order valence-corrected chi connectivity index (χ0v) is 7.04. The molecule has 1 rings (SSSR count). The molecule has 0 fully saturated rings. The van der Waals surface area contributed by atoms with E-state index in [9.17, 15) is 0 Å². The lowest BCUT2D eigenvalue weighted by Crippen LogP contribution is -2.66. The topological polar surface area (TPSA) is 57.6 Å². The summed E-state index contributed by atoms with van der Waals surface area (Å²) in [6, 6.07) is 10.3. The molecule has 0 spiro atoms. The maximum absolute atomic E-state index is 4.04. The van der Waals surface area contributed by atoms with Gasteiger partial charge in [-0.3, -0.25) is 0 Å². The molecular weight excluding hydrogens is 138 g/mol. The predicted molar refractivity (Wildman–Crippen MR) is 44.3 cm³/mol. The Morgan fingerprint density at radius 2 is 1.55 bits per heavy atom. The number of benzene rings is 1. The Kier molecular flexibility index (Phi) is 3.23. The van der Waals surface area contributed by atoms with E-state index in [1.54, 1.807) is 0 Å². The van der Waals surface area contributed by atoms with Crippen LogP contribution in [-0.4, -0.2) is 5.48 Å². The van der Waals surface area contributed by atoms with E-state index in [1.165, 1.54) is 5.56 Å². The number of hydrogen-bond acceptors (Lipinski definition) is 1. The minimum atomic E-state index is 0. The summed E-state index contributed by atoms with van der Waals surface area (Å²) in [6.45, 7) is 4.23. The molecular formula is C9H15NO. The van der Waals surface area contributed by atoms with Crippen LogP contribution in [0, 0.1) is 0 Å². The van der Waals surface area contributed by atoms with Gasteiger partial charge in [0.25, 0.3) is 0 Å². The molecule has 0 radical (unpaired) electrons. The molecule has 0 aliphatic carbocycles. The van der Waals surface area contributed by atoms with Gasteiger partial charge in [0.2, 0.25) is 0 Å². The Morgan fingerprint density at radius 1 is 1.09 bits per heavy atom. The van der Waals surface area contributed by atoms with Gasteiger partial charge in [0.15, 0.2) is 0 Å². The van der Waals surface area contributed by atoms with Crippen LogP contribution in [0.1, 0.15) is 19.4 Å². The molecule has 0 aliphatic rings. The second kappa shape index (κ2) is 3.51. The van der Waals surface area contributed by atoms with Crippen LogP contribution < -0.4 is 5.73 Å². The molecule has 4 N–H and O–H groups in total. The third-order valence-electron chi connectivity index (χ3n) is 1.56. The lowest BCUT2D eigenvalue weighted by molar-refractivity contribution is -0.475. The molecule has 1 aromatic rings. The van der Waals surface area contributed by atoms with Crippen LogP contribution in [0.25, 0.3) is 0 Å². The highest BCUT2D eigenvalue weighted by atomic mass is 16.0. The SMILES string of the molecule is CC(C)([NH3+])c1ccccc1.[OH-]. The van der Waals surface area contributed by atoms with Crippen LogP contribution in [0.5, 0.6) is 0 Å². The Hall–Kier alpha value is -0.860. The van der Waals surface area contributed by atoms with Crippen molar-refractivity contribution in [3.05, 3.63) is 35.9 Å². The highest BCUT2D eigenvalue weighted by Crippen LogP contribution is 2.12. The van der Waals surface area contributed by atoms with Crippen molar-refractivity contribution in [3.63, 3.8) is 0 Å². The monoisotopic (exact) mass is 153 g/mol. The maximum atomic E-state index is 4.04. The fraction of sp³-hybridized carbons (Fsp3) is 0.333. The van der Waals surface area contributed by atoms with Gasteiger partial charge in [-0.25, -0.2) is 0 Å². The third-order valence-corrected chi connectivity index (χ3v) is 1.56. The molecule has 0 unspecified atom stereocenters. The first-order valence-corrected chi connectivity index (χ1v) is 3.51. The van der Waals surface area contributed by atoms with Crippen LogP contribution in [-0.2, 0) is 5.54 Å². The summed E-state index contributed by atoms with van der Waals surface area (Å²) in [5, 5.41) is 0. The van der Waals surface area contributed by atoms with E-state index in [2.05, 4.69) is 31.7 Å². The maximum Gasteiger partial charge on any atom is 0.114 e. The zero-order chi connectivity index (χ0) is 7.61. The number of hydrogen-bond donors (Lipinski definition) is 1. The third kappa shape index (κ3) is 2.70. The van der Waals surface area contributed by atoms with Gasteiger partial charge in [-0.05, 0) is 13.8 Å². The van der Waals surface area contributed by atoms with Crippen molar-refractivity contribution >= 4 is 0 Å². The summed E-state index contributed by atoms with van der Waals surface area (Å²) in [5.74, 6) is 0. The highest BCUT2D eigenvalue weighted by Gasteiger charge is 2.16. The lowest BCUT2D eigenvalue weighted by atomic mass is 9.96. The van der Waals surface area contributed by atoms with Crippen LogP contribution in [0.3, 0.4) is 0 Å². The first kappa shape index (κ1) is 10.1. The molecule has 0 bridgehead atoms. The zero-order valence-electron chi connectivity index (χ0n) is 7.04. The van der Waals surface area contributed by atoms with Gasteiger partial charge < -0.3 is 11.2 Å². The van der Waals surface area contributed by atoms with E-state index in [-0.39, 0.29) is 11.0 Å². The van der Waals surface area contributed by atoms with Gasteiger partial charge >= 0.3 is 0 Å². The summed E-state index contributed by atoms with van der Waals surface area (Å²) in [4.78, 5) is 0. The Labute approximate surface area is 67.3 Å². The Balaban J connectivity index is 0.000001000. The standard InChI is InChI=1S/C9H13N.H2O/c1-9(2,10)8-6-4-3-5-7-8;/h3-7H,10H2,1-2H3;1H2. The normalized spacial score (nSPS) is 10.5. The molecule has 2 nitrogen and oxygen atoms in total. The summed E-state index contributed by atoms with van der Waals surface area (Å²) in [6.07, 6.45) is 0. The van der Waals surface area contributed by atoms with Crippen molar-refractivity contribution in [2.24, 2.45) is 0 Å². The lowest BCUT2D eigenvalue weighted by Gasteiger charge is -2.14. The minimum Gasteiger partial charge on any atom is -0.870 e. The smallest absolute Gasteiger partial charge is 0.114 e. The summed E-state index contributed by atoms with van der Waals surface area (Å²) >= 11 is 0. The Bertz CT molecular complexity index is 201. The second-order valence-corrected chi connectivity index (χ2v) is 3.25. The quantitative estimate of drug-likeness (QED) is 0.642. The van der Waals surface area contributed by atoms with Crippen LogP contribution in [0.15, 0.2) is 30.3 Å². The molecule has 0 saturated heterocycles. The van der Waals surface area contributed by atoms with E-state index in [0.29, 0.717) is 0 Å². The van der Waals surface area contributed by atoms with E-state index in [1.807, 2.05) is 18.2 Å². The van der Waals surface area contributed by atoms with Gasteiger partial charge in [-0.15, -0.1) is 0 Å². The highest BCUT2D eigenvalue weighted by molar-refractivity contribution is 5.19. The molecule has 62 valence electrons. The van der Waals surface area contributed by atoms with E-state index in [0.717, 1.165) is 0 Å². The summed E-state index contributed by atoms with van der Waals surface area (Å²) < 4.78 is 0. The number of quaternary nitrogens is 1. The molecule has 0 atom stereocenters. The van der Waals surface area contributed by atoms with Crippen molar-refractivity contribution < 1.29 is 11.2 Å².